The molecule has 2 fully saturated rings. The minimum absolute atomic E-state index is 0.201. The zero-order valence-corrected chi connectivity index (χ0v) is 19.6. The van der Waals surface area contributed by atoms with Gasteiger partial charge < -0.3 is 21.1 Å². The van der Waals surface area contributed by atoms with E-state index in [1.165, 1.54) is 16.7 Å². The number of amides is 3. The SMILES string of the molecule is CCCC(=N)NCC(=O)NC(C(=O)N[C@@]1(C(=O)O)N2C(=O)C[C@H]2SC1(C)C)c1ccccc1. The summed E-state index contributed by atoms with van der Waals surface area (Å²) in [6, 6.07) is 7.27. The highest BCUT2D eigenvalue weighted by molar-refractivity contribution is 8.01. The Morgan fingerprint density at radius 1 is 1.27 bits per heavy atom. The number of thioether (sulfide) groups is 1. The number of rotatable bonds is 9. The summed E-state index contributed by atoms with van der Waals surface area (Å²) in [5, 5.41) is 25.6. The first-order chi connectivity index (χ1) is 15.5. The van der Waals surface area contributed by atoms with Crippen molar-refractivity contribution in [1.29, 1.82) is 5.41 Å². The summed E-state index contributed by atoms with van der Waals surface area (Å²) in [4.78, 5) is 52.0. The number of nitrogens with one attached hydrogen (secondary N) is 4. The molecule has 3 amide bonds. The Morgan fingerprint density at radius 3 is 2.52 bits per heavy atom. The summed E-state index contributed by atoms with van der Waals surface area (Å²) in [6.07, 6.45) is 1.46. The van der Waals surface area contributed by atoms with Crippen LogP contribution in [-0.4, -0.2) is 61.9 Å². The molecule has 178 valence electrons. The number of carbonyl (C=O) groups is 4. The molecule has 1 aromatic carbocycles. The first-order valence-corrected chi connectivity index (χ1v) is 11.6. The molecule has 3 atom stereocenters. The van der Waals surface area contributed by atoms with Gasteiger partial charge in [0, 0.05) is 6.42 Å². The largest absolute Gasteiger partial charge is 0.478 e. The number of β-lactam (4-membered cyclic amide) rings is 1. The average Bonchev–Trinajstić information content (AvgIpc) is 2.93. The van der Waals surface area contributed by atoms with Crippen molar-refractivity contribution < 1.29 is 24.3 Å². The van der Waals surface area contributed by atoms with E-state index in [2.05, 4.69) is 16.0 Å². The zero-order valence-electron chi connectivity index (χ0n) is 18.8. The van der Waals surface area contributed by atoms with Crippen LogP contribution >= 0.6 is 11.8 Å². The summed E-state index contributed by atoms with van der Waals surface area (Å²) >= 11 is 1.32. The highest BCUT2D eigenvalue weighted by atomic mass is 32.2. The molecular weight excluding hydrogens is 446 g/mol. The van der Waals surface area contributed by atoms with Gasteiger partial charge in [-0.1, -0.05) is 37.3 Å². The highest BCUT2D eigenvalue weighted by Gasteiger charge is 2.70. The van der Waals surface area contributed by atoms with Crippen LogP contribution in [0.4, 0.5) is 0 Å². The molecule has 10 nitrogen and oxygen atoms in total. The van der Waals surface area contributed by atoms with E-state index in [1.54, 1.807) is 44.2 Å². The van der Waals surface area contributed by atoms with Crippen molar-refractivity contribution in [2.75, 3.05) is 6.54 Å². The molecule has 1 unspecified atom stereocenters. The van der Waals surface area contributed by atoms with E-state index >= 15 is 0 Å². The van der Waals surface area contributed by atoms with Crippen LogP contribution in [0.2, 0.25) is 0 Å². The Kier molecular flexibility index (Phi) is 7.01. The molecule has 2 aliphatic rings. The standard InChI is InChI=1S/C22H29N5O5S/c1-4-8-14(23)24-12-15(28)25-18(13-9-6-5-7-10-13)19(30)26-22(20(31)32)21(2,3)33-17-11-16(29)27(17)22/h5-7,9-10,17-18H,4,8,11-12H2,1-3H3,(H2,23,24)(H,25,28)(H,26,30)(H,31,32)/t17-,18?,22+/m1/s1. The van der Waals surface area contributed by atoms with Gasteiger partial charge in [-0.2, -0.15) is 0 Å². The van der Waals surface area contributed by atoms with Gasteiger partial charge in [-0.25, -0.2) is 4.79 Å². The number of carboxylic acids is 1. The minimum atomic E-state index is -1.95. The van der Waals surface area contributed by atoms with Gasteiger partial charge in [-0.05, 0) is 25.8 Å². The fourth-order valence-corrected chi connectivity index (χ4v) is 5.85. The molecule has 33 heavy (non-hydrogen) atoms. The van der Waals surface area contributed by atoms with Gasteiger partial charge in [0.15, 0.2) is 0 Å². The number of amidine groups is 1. The number of carboxylic acid groups (broad SMARTS) is 1. The third-order valence-corrected chi connectivity index (χ3v) is 7.38. The molecule has 2 aliphatic heterocycles. The van der Waals surface area contributed by atoms with Gasteiger partial charge in [-0.15, -0.1) is 11.8 Å². The van der Waals surface area contributed by atoms with E-state index in [1.807, 2.05) is 6.92 Å². The molecule has 0 spiro atoms. The van der Waals surface area contributed by atoms with E-state index in [0.29, 0.717) is 12.0 Å². The maximum absolute atomic E-state index is 13.5. The van der Waals surface area contributed by atoms with Crippen LogP contribution in [0.3, 0.4) is 0 Å². The van der Waals surface area contributed by atoms with Gasteiger partial charge in [-0.3, -0.25) is 24.7 Å². The van der Waals surface area contributed by atoms with Crippen LogP contribution in [0.5, 0.6) is 0 Å². The van der Waals surface area contributed by atoms with Crippen LogP contribution in [0.1, 0.15) is 51.6 Å². The summed E-state index contributed by atoms with van der Waals surface area (Å²) in [6.45, 7) is 5.07. The first-order valence-electron chi connectivity index (χ1n) is 10.7. The molecule has 0 radical (unpaired) electrons. The van der Waals surface area contributed by atoms with Crippen LogP contribution in [0, 0.1) is 5.41 Å². The van der Waals surface area contributed by atoms with Crippen LogP contribution < -0.4 is 16.0 Å². The summed E-state index contributed by atoms with van der Waals surface area (Å²) < 4.78 is -1.01. The van der Waals surface area contributed by atoms with Crippen molar-refractivity contribution in [3.63, 3.8) is 0 Å². The number of carbonyl (C=O) groups excluding carboxylic acids is 3. The van der Waals surface area contributed by atoms with Crippen molar-refractivity contribution >= 4 is 41.3 Å². The number of fused-ring (bicyclic) bond motifs is 1. The lowest BCUT2D eigenvalue weighted by molar-refractivity contribution is -0.173. The van der Waals surface area contributed by atoms with Crippen molar-refractivity contribution in [3.05, 3.63) is 35.9 Å². The summed E-state index contributed by atoms with van der Waals surface area (Å²) in [5.74, 6) is -2.74. The molecule has 5 N–H and O–H groups in total. The number of aliphatic carboxylic acids is 1. The Hall–Kier alpha value is -3.08. The maximum atomic E-state index is 13.5. The number of nitrogens with zero attached hydrogens (tertiary/aromatic N) is 1. The second-order valence-electron chi connectivity index (χ2n) is 8.55. The van der Waals surface area contributed by atoms with Gasteiger partial charge >= 0.3 is 5.97 Å². The molecule has 2 saturated heterocycles. The van der Waals surface area contributed by atoms with Gasteiger partial charge in [0.1, 0.15) is 6.04 Å². The molecule has 0 aromatic heterocycles. The third-order valence-electron chi connectivity index (χ3n) is 5.85. The van der Waals surface area contributed by atoms with Crippen molar-refractivity contribution in [1.82, 2.24) is 20.9 Å². The maximum Gasteiger partial charge on any atom is 0.352 e. The molecule has 3 rings (SSSR count). The average molecular weight is 476 g/mol. The molecule has 0 bridgehead atoms. The van der Waals surface area contributed by atoms with Crippen molar-refractivity contribution in [2.24, 2.45) is 0 Å². The second-order valence-corrected chi connectivity index (χ2v) is 10.3. The lowest BCUT2D eigenvalue weighted by Gasteiger charge is -2.46. The number of hydrogen-bond acceptors (Lipinski definition) is 6. The minimum Gasteiger partial charge on any atom is -0.478 e. The Labute approximate surface area is 196 Å². The molecule has 11 heteroatoms. The molecule has 2 heterocycles. The second kappa shape index (κ2) is 9.42. The summed E-state index contributed by atoms with van der Waals surface area (Å²) in [7, 11) is 0. The topological polar surface area (TPSA) is 152 Å². The Morgan fingerprint density at radius 2 is 1.94 bits per heavy atom. The third kappa shape index (κ3) is 4.54. The van der Waals surface area contributed by atoms with Crippen LogP contribution in [0.15, 0.2) is 30.3 Å². The van der Waals surface area contributed by atoms with E-state index < -0.39 is 34.2 Å². The Bertz CT molecular complexity index is 969. The van der Waals surface area contributed by atoms with Crippen molar-refractivity contribution in [2.45, 2.75) is 61.9 Å². The zero-order chi connectivity index (χ0) is 24.4. The van der Waals surface area contributed by atoms with Gasteiger partial charge in [0.05, 0.1) is 28.9 Å². The number of benzene rings is 1. The lowest BCUT2D eigenvalue weighted by Crippen LogP contribution is -2.75. The molecule has 0 aliphatic carbocycles. The fraction of sp³-hybridized carbons (Fsp3) is 0.500. The van der Waals surface area contributed by atoms with Crippen LogP contribution in [-0.2, 0) is 19.2 Å². The fourth-order valence-electron chi connectivity index (χ4n) is 4.16. The Balaban J connectivity index is 1.85. The molecule has 0 saturated carbocycles. The monoisotopic (exact) mass is 475 g/mol. The highest BCUT2D eigenvalue weighted by Crippen LogP contribution is 2.55. The predicted molar refractivity (Wildman–Crippen MR) is 123 cm³/mol. The predicted octanol–water partition coefficient (Wildman–Crippen LogP) is 1.19. The van der Waals surface area contributed by atoms with Gasteiger partial charge in [0.25, 0.3) is 0 Å². The lowest BCUT2D eigenvalue weighted by atomic mass is 9.89. The number of hydrogen-bond donors (Lipinski definition) is 5. The van der Waals surface area contributed by atoms with E-state index in [0.717, 1.165) is 6.42 Å². The first kappa shape index (κ1) is 24.6. The summed E-state index contributed by atoms with van der Waals surface area (Å²) in [5.41, 5.74) is -1.49. The molecule has 1 aromatic rings. The van der Waals surface area contributed by atoms with Gasteiger partial charge in [0.2, 0.25) is 23.4 Å². The smallest absolute Gasteiger partial charge is 0.352 e. The normalized spacial score (nSPS) is 23.7. The van der Waals surface area contributed by atoms with E-state index in [4.69, 9.17) is 5.41 Å². The van der Waals surface area contributed by atoms with E-state index in [9.17, 15) is 24.3 Å². The van der Waals surface area contributed by atoms with Crippen molar-refractivity contribution in [3.8, 4) is 0 Å². The quantitative estimate of drug-likeness (QED) is 0.204. The van der Waals surface area contributed by atoms with Crippen LogP contribution in [0.25, 0.3) is 0 Å². The molecular formula is C22H29N5O5S. The van der Waals surface area contributed by atoms with E-state index in [-0.39, 0.29) is 30.1 Å².